The highest BCUT2D eigenvalue weighted by atomic mass is 32.1. The zero-order valence-electron chi connectivity index (χ0n) is 14.4. The van der Waals surface area contributed by atoms with E-state index >= 15 is 0 Å². The minimum atomic E-state index is 0.0717. The zero-order valence-corrected chi connectivity index (χ0v) is 15.2. The van der Waals surface area contributed by atoms with Gasteiger partial charge in [-0.05, 0) is 24.6 Å². The van der Waals surface area contributed by atoms with Crippen molar-refractivity contribution < 1.29 is 4.79 Å². The van der Waals surface area contributed by atoms with Crippen molar-refractivity contribution in [3.63, 3.8) is 0 Å². The Morgan fingerprint density at radius 3 is 3.04 bits per heavy atom. The molecule has 1 fully saturated rings. The zero-order chi connectivity index (χ0) is 17.4. The van der Waals surface area contributed by atoms with Crippen LogP contribution in [0.1, 0.15) is 33.4 Å². The number of imidazole rings is 1. The molecule has 6 nitrogen and oxygen atoms in total. The van der Waals surface area contributed by atoms with Crippen molar-refractivity contribution in [1.82, 2.24) is 24.8 Å². The third-order valence-corrected chi connectivity index (χ3v) is 5.83. The van der Waals surface area contributed by atoms with Gasteiger partial charge in [0.2, 0.25) is 0 Å². The van der Waals surface area contributed by atoms with Gasteiger partial charge in [-0.15, -0.1) is 11.3 Å². The van der Waals surface area contributed by atoms with Crippen LogP contribution in [0.15, 0.2) is 30.7 Å². The van der Waals surface area contributed by atoms with Crippen LogP contribution >= 0.6 is 11.3 Å². The lowest BCUT2D eigenvalue weighted by Crippen LogP contribution is -2.23. The average Bonchev–Trinajstić information content (AvgIpc) is 3.33. The lowest BCUT2D eigenvalue weighted by atomic mass is 9.95. The molecule has 1 amide bonds. The van der Waals surface area contributed by atoms with Gasteiger partial charge in [-0.2, -0.15) is 0 Å². The van der Waals surface area contributed by atoms with Gasteiger partial charge < -0.3 is 9.88 Å². The maximum atomic E-state index is 12.7. The second-order valence-electron chi connectivity index (χ2n) is 6.66. The van der Waals surface area contributed by atoms with Crippen LogP contribution < -0.4 is 0 Å². The van der Waals surface area contributed by atoms with E-state index in [9.17, 15) is 4.79 Å². The highest BCUT2D eigenvalue weighted by Crippen LogP contribution is 2.39. The summed E-state index contributed by atoms with van der Waals surface area (Å²) >= 11 is 1.51. The van der Waals surface area contributed by atoms with Crippen molar-refractivity contribution in [2.75, 3.05) is 27.2 Å². The summed E-state index contributed by atoms with van der Waals surface area (Å²) in [6, 6.07) is 4.05. The number of nitrogens with zero attached hydrogens (tertiary/aromatic N) is 4. The number of carbonyl (C=O) groups is 1. The van der Waals surface area contributed by atoms with Crippen LogP contribution in [0, 0.1) is 0 Å². The summed E-state index contributed by atoms with van der Waals surface area (Å²) in [5.74, 6) is 1.41. The number of hydrogen-bond acceptors (Lipinski definition) is 5. The second kappa shape index (κ2) is 6.57. The van der Waals surface area contributed by atoms with Crippen LogP contribution in [0.2, 0.25) is 0 Å². The van der Waals surface area contributed by atoms with Crippen LogP contribution in [0.5, 0.6) is 0 Å². The molecule has 0 saturated carbocycles. The molecule has 1 aliphatic rings. The van der Waals surface area contributed by atoms with Gasteiger partial charge in [0.1, 0.15) is 10.7 Å². The number of aromatic nitrogens is 3. The normalized spacial score (nSPS) is 18.1. The number of H-pyrrole nitrogens is 1. The van der Waals surface area contributed by atoms with Crippen LogP contribution in [0.4, 0.5) is 0 Å². The summed E-state index contributed by atoms with van der Waals surface area (Å²) in [6.07, 6.45) is 6.49. The smallest absolute Gasteiger partial charge is 0.263 e. The third-order valence-electron chi connectivity index (χ3n) is 4.71. The summed E-state index contributed by atoms with van der Waals surface area (Å²) in [5, 5.41) is 1.13. The first-order valence-corrected chi connectivity index (χ1v) is 9.25. The van der Waals surface area contributed by atoms with Gasteiger partial charge in [0.05, 0.1) is 11.4 Å². The Kier molecular flexibility index (Phi) is 4.27. The van der Waals surface area contributed by atoms with Gasteiger partial charge in [-0.3, -0.25) is 9.69 Å². The van der Waals surface area contributed by atoms with E-state index in [1.54, 1.807) is 17.3 Å². The SMILES string of the molecule is CN(C)C(=O)c1sc2ncccc2c1[C@H]1CCN(Cc2ncc[nH]2)C1. The molecular formula is C18H21N5OS. The van der Waals surface area contributed by atoms with Crippen molar-refractivity contribution >= 4 is 27.5 Å². The van der Waals surface area contributed by atoms with Crippen LogP contribution in [0.25, 0.3) is 10.2 Å². The molecule has 0 bridgehead atoms. The fourth-order valence-corrected chi connectivity index (χ4v) is 4.78. The Morgan fingerprint density at radius 2 is 2.28 bits per heavy atom. The Labute approximate surface area is 150 Å². The quantitative estimate of drug-likeness (QED) is 0.781. The fraction of sp³-hybridized carbons (Fsp3) is 0.389. The van der Waals surface area contributed by atoms with Gasteiger partial charge in [0.25, 0.3) is 5.91 Å². The Balaban J connectivity index is 1.66. The molecule has 25 heavy (non-hydrogen) atoms. The lowest BCUT2D eigenvalue weighted by Gasteiger charge is -2.16. The molecule has 7 heteroatoms. The number of rotatable bonds is 4. The maximum absolute atomic E-state index is 12.7. The summed E-state index contributed by atoms with van der Waals surface area (Å²) in [7, 11) is 3.61. The fourth-order valence-electron chi connectivity index (χ4n) is 3.53. The number of amides is 1. The minimum absolute atomic E-state index is 0.0717. The Bertz CT molecular complexity index is 886. The largest absolute Gasteiger partial charge is 0.348 e. The van der Waals surface area contributed by atoms with E-state index in [0.29, 0.717) is 5.92 Å². The number of hydrogen-bond donors (Lipinski definition) is 1. The number of nitrogens with one attached hydrogen (secondary N) is 1. The van der Waals surface area contributed by atoms with E-state index in [0.717, 1.165) is 47.0 Å². The predicted octanol–water partition coefficient (Wildman–Crippen LogP) is 2.71. The first-order valence-electron chi connectivity index (χ1n) is 8.43. The lowest BCUT2D eigenvalue weighted by molar-refractivity contribution is 0.0831. The molecule has 4 heterocycles. The first kappa shape index (κ1) is 16.2. The van der Waals surface area contributed by atoms with Gasteiger partial charge in [0.15, 0.2) is 0 Å². The molecule has 130 valence electrons. The monoisotopic (exact) mass is 355 g/mol. The van der Waals surface area contributed by atoms with Crippen LogP contribution in [-0.2, 0) is 6.54 Å². The van der Waals surface area contributed by atoms with E-state index in [4.69, 9.17) is 0 Å². The van der Waals surface area contributed by atoms with E-state index in [2.05, 4.69) is 25.9 Å². The van der Waals surface area contributed by atoms with Crippen molar-refractivity contribution in [1.29, 1.82) is 0 Å². The van der Waals surface area contributed by atoms with Crippen molar-refractivity contribution in [2.45, 2.75) is 18.9 Å². The van der Waals surface area contributed by atoms with Crippen LogP contribution in [0.3, 0.4) is 0 Å². The molecule has 1 aliphatic heterocycles. The van der Waals surface area contributed by atoms with Gasteiger partial charge in [0, 0.05) is 50.5 Å². The molecule has 1 atom stereocenters. The standard InChI is InChI=1S/C18H21N5OS/c1-22(2)18(24)16-15(13-4-3-6-21-17(13)25-16)12-5-9-23(10-12)11-14-19-7-8-20-14/h3-4,6-8,12H,5,9-11H2,1-2H3,(H,19,20)/t12-/m0/s1. The molecular weight excluding hydrogens is 334 g/mol. The number of fused-ring (bicyclic) bond motifs is 1. The summed E-state index contributed by atoms with van der Waals surface area (Å²) in [5.41, 5.74) is 1.17. The second-order valence-corrected chi connectivity index (χ2v) is 7.66. The number of pyridine rings is 1. The molecule has 1 N–H and O–H groups in total. The third kappa shape index (κ3) is 3.05. The molecule has 0 unspecified atom stereocenters. The molecule has 4 rings (SSSR count). The summed E-state index contributed by atoms with van der Waals surface area (Å²) in [6.45, 7) is 2.77. The highest BCUT2D eigenvalue weighted by Gasteiger charge is 2.31. The molecule has 0 aliphatic carbocycles. The molecule has 1 saturated heterocycles. The van der Waals surface area contributed by atoms with Gasteiger partial charge >= 0.3 is 0 Å². The Morgan fingerprint density at radius 1 is 1.40 bits per heavy atom. The Hall–Kier alpha value is -2.25. The molecule has 0 spiro atoms. The summed E-state index contributed by atoms with van der Waals surface area (Å²) in [4.78, 5) is 30.5. The number of likely N-dealkylation sites (tertiary alicyclic amines) is 1. The topological polar surface area (TPSA) is 65.1 Å². The number of thiophene rings is 1. The van der Waals surface area contributed by atoms with Gasteiger partial charge in [-0.25, -0.2) is 9.97 Å². The van der Waals surface area contributed by atoms with Crippen molar-refractivity contribution in [3.8, 4) is 0 Å². The predicted molar refractivity (Wildman–Crippen MR) is 98.9 cm³/mol. The van der Waals surface area contributed by atoms with E-state index in [1.165, 1.54) is 16.9 Å². The van der Waals surface area contributed by atoms with Crippen molar-refractivity contribution in [2.24, 2.45) is 0 Å². The average molecular weight is 355 g/mol. The summed E-state index contributed by atoms with van der Waals surface area (Å²) < 4.78 is 0. The van der Waals surface area contributed by atoms with Crippen molar-refractivity contribution in [3.05, 3.63) is 47.0 Å². The number of aromatic amines is 1. The van der Waals surface area contributed by atoms with E-state index in [-0.39, 0.29) is 5.91 Å². The minimum Gasteiger partial charge on any atom is -0.348 e. The maximum Gasteiger partial charge on any atom is 0.263 e. The molecule has 3 aromatic heterocycles. The van der Waals surface area contributed by atoms with Crippen LogP contribution in [-0.4, -0.2) is 57.8 Å². The van der Waals surface area contributed by atoms with E-state index < -0.39 is 0 Å². The highest BCUT2D eigenvalue weighted by molar-refractivity contribution is 7.20. The molecule has 0 aromatic carbocycles. The first-order chi connectivity index (χ1) is 12.1. The molecule has 3 aromatic rings. The number of carbonyl (C=O) groups excluding carboxylic acids is 1. The molecule has 0 radical (unpaired) electrons. The van der Waals surface area contributed by atoms with E-state index in [1.807, 2.05) is 26.4 Å². The van der Waals surface area contributed by atoms with Gasteiger partial charge in [-0.1, -0.05) is 6.07 Å².